The largest absolute Gasteiger partial charge is 0.325 e. The maximum absolute atomic E-state index is 6.41. The Morgan fingerprint density at radius 2 is 1.83 bits per heavy atom. The summed E-state index contributed by atoms with van der Waals surface area (Å²) < 4.78 is 0. The normalized spacial score (nSPS) is 14.4. The van der Waals surface area contributed by atoms with Gasteiger partial charge in [0.15, 0.2) is 0 Å². The second-order valence-corrected chi connectivity index (χ2v) is 6.53. The van der Waals surface area contributed by atoms with Gasteiger partial charge in [0, 0.05) is 16.8 Å². The Hall–Kier alpha value is -1.19. The molecule has 2 aromatic rings. The van der Waals surface area contributed by atoms with Crippen LogP contribution in [0.2, 0.25) is 0 Å². The fourth-order valence-electron chi connectivity index (χ4n) is 2.08. The predicted molar refractivity (Wildman–Crippen MR) is 78.0 cm³/mol. The van der Waals surface area contributed by atoms with E-state index in [4.69, 9.17) is 5.73 Å². The van der Waals surface area contributed by atoms with Gasteiger partial charge >= 0.3 is 0 Å². The van der Waals surface area contributed by atoms with Crippen molar-refractivity contribution in [2.24, 2.45) is 5.73 Å². The lowest BCUT2D eigenvalue weighted by Crippen LogP contribution is -2.40. The van der Waals surface area contributed by atoms with Crippen LogP contribution in [-0.2, 0) is 12.8 Å². The number of thiazole rings is 1. The standard InChI is InChI=1S/C15H20N2S/c1-11-12(2)18-14(17-11)10-15(3,16)9-13-7-5-4-6-8-13/h4-8H,9-10,16H2,1-3H3. The van der Waals surface area contributed by atoms with E-state index in [0.717, 1.165) is 23.5 Å². The van der Waals surface area contributed by atoms with Gasteiger partial charge in [0.2, 0.25) is 0 Å². The summed E-state index contributed by atoms with van der Waals surface area (Å²) in [6.07, 6.45) is 1.72. The van der Waals surface area contributed by atoms with Crippen molar-refractivity contribution in [1.29, 1.82) is 0 Å². The summed E-state index contributed by atoms with van der Waals surface area (Å²) >= 11 is 1.76. The van der Waals surface area contributed by atoms with Crippen molar-refractivity contribution < 1.29 is 0 Å². The Labute approximate surface area is 113 Å². The van der Waals surface area contributed by atoms with E-state index in [1.54, 1.807) is 11.3 Å². The fourth-order valence-corrected chi connectivity index (χ4v) is 3.22. The van der Waals surface area contributed by atoms with Crippen molar-refractivity contribution in [3.8, 4) is 0 Å². The summed E-state index contributed by atoms with van der Waals surface area (Å²) in [6.45, 7) is 6.27. The first-order valence-corrected chi connectivity index (χ1v) is 7.04. The number of benzene rings is 1. The Morgan fingerprint density at radius 1 is 1.17 bits per heavy atom. The van der Waals surface area contributed by atoms with E-state index < -0.39 is 0 Å². The van der Waals surface area contributed by atoms with Crippen LogP contribution in [0.1, 0.15) is 28.1 Å². The lowest BCUT2D eigenvalue weighted by Gasteiger charge is -2.23. The third kappa shape index (κ3) is 3.40. The summed E-state index contributed by atoms with van der Waals surface area (Å²) in [5.74, 6) is 0. The molecule has 0 radical (unpaired) electrons. The van der Waals surface area contributed by atoms with Gasteiger partial charge < -0.3 is 5.73 Å². The Kier molecular flexibility index (Phi) is 3.83. The molecule has 2 N–H and O–H groups in total. The first-order valence-electron chi connectivity index (χ1n) is 6.22. The molecule has 0 amide bonds. The van der Waals surface area contributed by atoms with E-state index in [-0.39, 0.29) is 5.54 Å². The molecule has 3 heteroatoms. The SMILES string of the molecule is Cc1nc(CC(C)(N)Cc2ccccc2)sc1C. The molecule has 0 saturated heterocycles. The average molecular weight is 260 g/mol. The minimum atomic E-state index is -0.238. The van der Waals surface area contributed by atoms with Crippen LogP contribution in [0.15, 0.2) is 30.3 Å². The molecule has 0 aliphatic heterocycles. The molecule has 2 rings (SSSR count). The van der Waals surface area contributed by atoms with E-state index in [2.05, 4.69) is 50.0 Å². The highest BCUT2D eigenvalue weighted by Gasteiger charge is 2.21. The molecule has 1 atom stereocenters. The molecule has 0 fully saturated rings. The molecule has 1 aromatic heterocycles. The van der Waals surface area contributed by atoms with Gasteiger partial charge in [-0.15, -0.1) is 11.3 Å². The monoisotopic (exact) mass is 260 g/mol. The van der Waals surface area contributed by atoms with Crippen molar-refractivity contribution in [2.75, 3.05) is 0 Å². The van der Waals surface area contributed by atoms with Crippen LogP contribution in [0.3, 0.4) is 0 Å². The second kappa shape index (κ2) is 5.21. The molecule has 2 nitrogen and oxygen atoms in total. The average Bonchev–Trinajstić information content (AvgIpc) is 2.57. The topological polar surface area (TPSA) is 38.9 Å². The first kappa shape index (κ1) is 13.2. The lowest BCUT2D eigenvalue weighted by atomic mass is 9.91. The van der Waals surface area contributed by atoms with Crippen LogP contribution in [0.5, 0.6) is 0 Å². The zero-order chi connectivity index (χ0) is 13.2. The molecule has 0 aliphatic rings. The molecular formula is C15H20N2S. The van der Waals surface area contributed by atoms with E-state index in [1.165, 1.54) is 10.4 Å². The molecule has 0 saturated carbocycles. The number of aryl methyl sites for hydroxylation is 2. The first-order chi connectivity index (χ1) is 8.46. The van der Waals surface area contributed by atoms with Gasteiger partial charge in [0.1, 0.15) is 0 Å². The van der Waals surface area contributed by atoms with Crippen molar-refractivity contribution in [3.63, 3.8) is 0 Å². The van der Waals surface area contributed by atoms with Crippen LogP contribution < -0.4 is 5.73 Å². The number of hydrogen-bond donors (Lipinski definition) is 1. The molecule has 18 heavy (non-hydrogen) atoms. The number of nitrogens with two attached hydrogens (primary N) is 1. The number of hydrogen-bond acceptors (Lipinski definition) is 3. The summed E-state index contributed by atoms with van der Waals surface area (Å²) in [4.78, 5) is 5.87. The third-order valence-electron chi connectivity index (χ3n) is 3.08. The van der Waals surface area contributed by atoms with Crippen LogP contribution in [-0.4, -0.2) is 10.5 Å². The lowest BCUT2D eigenvalue weighted by molar-refractivity contribution is 0.462. The zero-order valence-corrected chi connectivity index (χ0v) is 12.1. The number of nitrogens with zero attached hydrogens (tertiary/aromatic N) is 1. The molecule has 0 aliphatic carbocycles. The highest BCUT2D eigenvalue weighted by molar-refractivity contribution is 7.11. The Balaban J connectivity index is 2.07. The maximum Gasteiger partial charge on any atom is 0.0949 e. The molecule has 1 aromatic carbocycles. The Morgan fingerprint density at radius 3 is 2.39 bits per heavy atom. The summed E-state index contributed by atoms with van der Waals surface area (Å²) in [6, 6.07) is 10.4. The Bertz CT molecular complexity index is 495. The van der Waals surface area contributed by atoms with Crippen LogP contribution >= 0.6 is 11.3 Å². The minimum Gasteiger partial charge on any atom is -0.325 e. The van der Waals surface area contributed by atoms with Crippen LogP contribution in [0.25, 0.3) is 0 Å². The van der Waals surface area contributed by atoms with Crippen LogP contribution in [0.4, 0.5) is 0 Å². The molecule has 0 bridgehead atoms. The number of aromatic nitrogens is 1. The van der Waals surface area contributed by atoms with E-state index in [1.807, 2.05) is 6.07 Å². The molecule has 0 spiro atoms. The molecular weight excluding hydrogens is 240 g/mol. The van der Waals surface area contributed by atoms with Gasteiger partial charge in [0.05, 0.1) is 10.7 Å². The van der Waals surface area contributed by atoms with Crippen LogP contribution in [0, 0.1) is 13.8 Å². The maximum atomic E-state index is 6.41. The summed E-state index contributed by atoms with van der Waals surface area (Å²) in [5, 5.41) is 1.14. The van der Waals surface area contributed by atoms with Gasteiger partial charge in [-0.05, 0) is 32.8 Å². The summed E-state index contributed by atoms with van der Waals surface area (Å²) in [7, 11) is 0. The van der Waals surface area contributed by atoms with Gasteiger partial charge in [-0.1, -0.05) is 30.3 Å². The van der Waals surface area contributed by atoms with E-state index >= 15 is 0 Å². The predicted octanol–water partition coefficient (Wildman–Crippen LogP) is 3.26. The van der Waals surface area contributed by atoms with Gasteiger partial charge in [-0.3, -0.25) is 0 Å². The molecule has 1 heterocycles. The highest BCUT2D eigenvalue weighted by Crippen LogP contribution is 2.22. The molecule has 1 unspecified atom stereocenters. The van der Waals surface area contributed by atoms with Crippen molar-refractivity contribution in [2.45, 2.75) is 39.2 Å². The second-order valence-electron chi connectivity index (χ2n) is 5.24. The van der Waals surface area contributed by atoms with Crippen molar-refractivity contribution >= 4 is 11.3 Å². The fraction of sp³-hybridized carbons (Fsp3) is 0.400. The number of rotatable bonds is 4. The van der Waals surface area contributed by atoms with E-state index in [9.17, 15) is 0 Å². The highest BCUT2D eigenvalue weighted by atomic mass is 32.1. The van der Waals surface area contributed by atoms with Crippen molar-refractivity contribution in [3.05, 3.63) is 51.5 Å². The minimum absolute atomic E-state index is 0.238. The smallest absolute Gasteiger partial charge is 0.0949 e. The quantitative estimate of drug-likeness (QED) is 0.916. The van der Waals surface area contributed by atoms with Crippen molar-refractivity contribution in [1.82, 2.24) is 4.98 Å². The van der Waals surface area contributed by atoms with E-state index in [0.29, 0.717) is 0 Å². The zero-order valence-electron chi connectivity index (χ0n) is 11.2. The van der Waals surface area contributed by atoms with Gasteiger partial charge in [-0.2, -0.15) is 0 Å². The van der Waals surface area contributed by atoms with Gasteiger partial charge in [-0.25, -0.2) is 4.98 Å². The molecule has 96 valence electrons. The summed E-state index contributed by atoms with van der Waals surface area (Å²) in [5.41, 5.74) is 8.58. The van der Waals surface area contributed by atoms with Gasteiger partial charge in [0.25, 0.3) is 0 Å². The third-order valence-corrected chi connectivity index (χ3v) is 4.15.